The second kappa shape index (κ2) is 12.0. The predicted octanol–water partition coefficient (Wildman–Crippen LogP) is 3.20. The zero-order chi connectivity index (χ0) is 23.6. The van der Waals surface area contributed by atoms with Gasteiger partial charge in [-0.2, -0.15) is 8.78 Å². The molecule has 33 heavy (non-hydrogen) atoms. The molecule has 10 heteroatoms. The third-order valence-corrected chi connectivity index (χ3v) is 5.24. The van der Waals surface area contributed by atoms with E-state index in [9.17, 15) is 18.4 Å². The quantitative estimate of drug-likeness (QED) is 0.532. The molecule has 1 aliphatic rings. The minimum absolute atomic E-state index is 0.00906. The number of benzene rings is 2. The number of likely N-dealkylation sites (tertiary alicyclic amines) is 1. The molecule has 1 saturated heterocycles. The highest BCUT2D eigenvalue weighted by molar-refractivity contribution is 5.92. The molecule has 2 aromatic rings. The number of nitrogens with one attached hydrogen (secondary N) is 3. The molecule has 0 bridgehead atoms. The smallest absolute Gasteiger partial charge is 0.387 e. The van der Waals surface area contributed by atoms with Crippen molar-refractivity contribution in [2.24, 2.45) is 0 Å². The van der Waals surface area contributed by atoms with Crippen LogP contribution in [-0.2, 0) is 11.3 Å². The van der Waals surface area contributed by atoms with Crippen LogP contribution < -0.4 is 25.4 Å². The Morgan fingerprint density at radius 3 is 2.48 bits per heavy atom. The molecule has 1 fully saturated rings. The number of amides is 3. The highest BCUT2D eigenvalue weighted by Gasteiger charge is 2.22. The molecule has 3 rings (SSSR count). The first kappa shape index (κ1) is 24.2. The third-order valence-electron chi connectivity index (χ3n) is 5.24. The molecule has 1 heterocycles. The van der Waals surface area contributed by atoms with E-state index < -0.39 is 6.61 Å². The van der Waals surface area contributed by atoms with Crippen molar-refractivity contribution in [1.29, 1.82) is 0 Å². The zero-order valence-electron chi connectivity index (χ0n) is 18.4. The standard InChI is InChI=1S/C23H28F2N4O4/c1-32-20-13-16(7-8-19(20)33-22(24)25)14-26-23(31)28-18-9-11-29(12-10-18)15-21(30)27-17-5-3-2-4-6-17/h2-8,13,18,22H,9-12,14-15H2,1H3,(H,27,30)(H2,26,28,31). The van der Waals surface area contributed by atoms with Crippen LogP contribution in [0, 0.1) is 0 Å². The minimum Gasteiger partial charge on any atom is -0.493 e. The van der Waals surface area contributed by atoms with Gasteiger partial charge < -0.3 is 25.4 Å². The molecule has 0 aliphatic carbocycles. The van der Waals surface area contributed by atoms with Crippen LogP contribution in [0.3, 0.4) is 0 Å². The Hall–Kier alpha value is -3.40. The van der Waals surface area contributed by atoms with Crippen molar-refractivity contribution in [1.82, 2.24) is 15.5 Å². The lowest BCUT2D eigenvalue weighted by Crippen LogP contribution is -2.48. The average Bonchev–Trinajstić information content (AvgIpc) is 2.80. The summed E-state index contributed by atoms with van der Waals surface area (Å²) >= 11 is 0. The van der Waals surface area contributed by atoms with E-state index in [2.05, 4.69) is 25.6 Å². The maximum atomic E-state index is 12.4. The molecule has 178 valence electrons. The molecule has 0 atom stereocenters. The van der Waals surface area contributed by atoms with E-state index >= 15 is 0 Å². The Labute approximate surface area is 191 Å². The van der Waals surface area contributed by atoms with Gasteiger partial charge in [0.05, 0.1) is 13.7 Å². The normalized spacial score (nSPS) is 14.5. The summed E-state index contributed by atoms with van der Waals surface area (Å²) in [5.41, 5.74) is 1.45. The Kier molecular flexibility index (Phi) is 8.82. The van der Waals surface area contributed by atoms with E-state index in [0.29, 0.717) is 25.2 Å². The second-order valence-corrected chi connectivity index (χ2v) is 7.66. The van der Waals surface area contributed by atoms with Gasteiger partial charge in [-0.3, -0.25) is 9.69 Å². The monoisotopic (exact) mass is 462 g/mol. The summed E-state index contributed by atoms with van der Waals surface area (Å²) in [4.78, 5) is 26.5. The van der Waals surface area contributed by atoms with Crippen LogP contribution in [0.4, 0.5) is 19.3 Å². The molecule has 3 amide bonds. The number of carbonyl (C=O) groups excluding carboxylic acids is 2. The molecule has 0 radical (unpaired) electrons. The average molecular weight is 462 g/mol. The summed E-state index contributed by atoms with van der Waals surface area (Å²) in [6.45, 7) is -1.03. The van der Waals surface area contributed by atoms with Crippen molar-refractivity contribution in [3.63, 3.8) is 0 Å². The number of ether oxygens (including phenoxy) is 2. The third kappa shape index (κ3) is 7.90. The molecule has 3 N–H and O–H groups in total. The van der Waals surface area contributed by atoms with E-state index in [4.69, 9.17) is 4.74 Å². The van der Waals surface area contributed by atoms with Crippen LogP contribution in [0.15, 0.2) is 48.5 Å². The van der Waals surface area contributed by atoms with E-state index in [1.165, 1.54) is 19.2 Å². The number of urea groups is 1. The Morgan fingerprint density at radius 2 is 1.82 bits per heavy atom. The minimum atomic E-state index is -2.95. The molecule has 0 unspecified atom stereocenters. The van der Waals surface area contributed by atoms with Gasteiger partial charge in [0.1, 0.15) is 0 Å². The van der Waals surface area contributed by atoms with Crippen molar-refractivity contribution in [2.45, 2.75) is 32.0 Å². The first-order chi connectivity index (χ1) is 15.9. The summed E-state index contributed by atoms with van der Waals surface area (Å²) in [5.74, 6) is 0.0364. The second-order valence-electron chi connectivity index (χ2n) is 7.66. The molecule has 8 nitrogen and oxygen atoms in total. The van der Waals surface area contributed by atoms with Gasteiger partial charge >= 0.3 is 12.6 Å². The van der Waals surface area contributed by atoms with Crippen molar-refractivity contribution >= 4 is 17.6 Å². The van der Waals surface area contributed by atoms with Crippen LogP contribution in [0.2, 0.25) is 0 Å². The van der Waals surface area contributed by atoms with E-state index in [0.717, 1.165) is 18.5 Å². The number of rotatable bonds is 9. The van der Waals surface area contributed by atoms with Crippen LogP contribution in [0.1, 0.15) is 18.4 Å². The van der Waals surface area contributed by atoms with Gasteiger partial charge in [-0.05, 0) is 42.7 Å². The zero-order valence-corrected chi connectivity index (χ0v) is 18.4. The van der Waals surface area contributed by atoms with Crippen molar-refractivity contribution < 1.29 is 27.8 Å². The number of halogens is 2. The number of methoxy groups -OCH3 is 1. The summed E-state index contributed by atoms with van der Waals surface area (Å²) < 4.78 is 34.3. The van der Waals surface area contributed by atoms with Gasteiger partial charge in [0, 0.05) is 31.4 Å². The number of piperidine rings is 1. The maximum Gasteiger partial charge on any atom is 0.387 e. The van der Waals surface area contributed by atoms with Crippen LogP contribution in [-0.4, -0.2) is 56.2 Å². The fourth-order valence-corrected chi connectivity index (χ4v) is 3.59. The van der Waals surface area contributed by atoms with E-state index in [1.54, 1.807) is 6.07 Å². The highest BCUT2D eigenvalue weighted by atomic mass is 19.3. The van der Waals surface area contributed by atoms with Crippen molar-refractivity contribution in [3.05, 3.63) is 54.1 Å². The lowest BCUT2D eigenvalue weighted by molar-refractivity contribution is -0.117. The summed E-state index contributed by atoms with van der Waals surface area (Å²) in [7, 11) is 1.36. The van der Waals surface area contributed by atoms with Gasteiger partial charge in [0.15, 0.2) is 11.5 Å². The number of alkyl halides is 2. The Morgan fingerprint density at radius 1 is 1.09 bits per heavy atom. The van der Waals surface area contributed by atoms with Gasteiger partial charge in [0.2, 0.25) is 5.91 Å². The molecule has 1 aliphatic heterocycles. The number of hydrogen-bond donors (Lipinski definition) is 3. The number of para-hydroxylation sites is 1. The SMILES string of the molecule is COc1cc(CNC(=O)NC2CCN(CC(=O)Nc3ccccc3)CC2)ccc1OC(F)F. The first-order valence-electron chi connectivity index (χ1n) is 10.7. The van der Waals surface area contributed by atoms with Gasteiger partial charge in [-0.15, -0.1) is 0 Å². The number of hydrogen-bond acceptors (Lipinski definition) is 5. The molecule has 0 spiro atoms. The van der Waals surface area contributed by atoms with Crippen LogP contribution >= 0.6 is 0 Å². The van der Waals surface area contributed by atoms with Crippen LogP contribution in [0.5, 0.6) is 11.5 Å². The molecule has 0 aromatic heterocycles. The summed E-state index contributed by atoms with van der Waals surface area (Å²) in [6, 6.07) is 13.5. The van der Waals surface area contributed by atoms with Crippen molar-refractivity contribution in [3.8, 4) is 11.5 Å². The fraction of sp³-hybridized carbons (Fsp3) is 0.391. The molecular formula is C23H28F2N4O4. The van der Waals surface area contributed by atoms with Crippen LogP contribution in [0.25, 0.3) is 0 Å². The Balaban J connectivity index is 1.37. The number of anilines is 1. The van der Waals surface area contributed by atoms with E-state index in [-0.39, 0.29) is 36.0 Å². The summed E-state index contributed by atoms with van der Waals surface area (Å²) in [5, 5.41) is 8.56. The lowest BCUT2D eigenvalue weighted by atomic mass is 10.1. The fourth-order valence-electron chi connectivity index (χ4n) is 3.59. The highest BCUT2D eigenvalue weighted by Crippen LogP contribution is 2.29. The molecular weight excluding hydrogens is 434 g/mol. The van der Waals surface area contributed by atoms with Gasteiger partial charge in [-0.1, -0.05) is 24.3 Å². The maximum absolute atomic E-state index is 12.4. The summed E-state index contributed by atoms with van der Waals surface area (Å²) in [6.07, 6.45) is 1.47. The van der Waals surface area contributed by atoms with Gasteiger partial charge in [0.25, 0.3) is 0 Å². The Bertz CT molecular complexity index is 922. The topological polar surface area (TPSA) is 91.9 Å². The molecule has 0 saturated carbocycles. The molecule has 2 aromatic carbocycles. The van der Waals surface area contributed by atoms with Crippen molar-refractivity contribution in [2.75, 3.05) is 32.1 Å². The van der Waals surface area contributed by atoms with E-state index in [1.807, 2.05) is 30.3 Å². The van der Waals surface area contributed by atoms with Gasteiger partial charge in [-0.25, -0.2) is 4.79 Å². The number of carbonyl (C=O) groups is 2. The first-order valence-corrected chi connectivity index (χ1v) is 10.7. The largest absolute Gasteiger partial charge is 0.493 e. The lowest BCUT2D eigenvalue weighted by Gasteiger charge is -2.31. The number of nitrogens with zero attached hydrogens (tertiary/aromatic N) is 1. The predicted molar refractivity (Wildman–Crippen MR) is 120 cm³/mol.